The molecule has 0 N–H and O–H groups in total. The molecule has 0 spiro atoms. The van der Waals surface area contributed by atoms with E-state index >= 15 is 9.59 Å². The molecule has 8 rings (SSSR count). The summed E-state index contributed by atoms with van der Waals surface area (Å²) in [5, 5.41) is 4.14. The van der Waals surface area contributed by atoms with Crippen LogP contribution in [0.5, 0.6) is 0 Å². The highest BCUT2D eigenvalue weighted by molar-refractivity contribution is 6.31. The Morgan fingerprint density at radius 2 is 0.792 bits per heavy atom. The van der Waals surface area contributed by atoms with Gasteiger partial charge in [-0.1, -0.05) is 144 Å². The Kier molecular flexibility index (Phi) is 7.10. The average Bonchev–Trinajstić information content (AvgIpc) is 3.49. The van der Waals surface area contributed by atoms with Gasteiger partial charge in [0.05, 0.1) is 35.6 Å². The van der Waals surface area contributed by atoms with Crippen molar-refractivity contribution in [2.45, 2.75) is 40.8 Å². The summed E-state index contributed by atoms with van der Waals surface area (Å²) < 4.78 is 0. The highest BCUT2D eigenvalue weighted by Gasteiger charge is 2.49. The number of nitrogens with zero attached hydrogens (tertiary/aromatic N) is 2. The van der Waals surface area contributed by atoms with Crippen LogP contribution in [0.1, 0.15) is 44.5 Å². The Labute approximate surface area is 281 Å². The fraction of sp³-hybridized carbons (Fsp3) is 0.136. The molecule has 234 valence electrons. The van der Waals surface area contributed by atoms with Crippen LogP contribution in [0.4, 0.5) is 0 Å². The summed E-state index contributed by atoms with van der Waals surface area (Å²) >= 11 is 0. The number of carbonyl (C=O) groups is 2. The molecule has 0 atom stereocenters. The number of benzene rings is 6. The minimum Gasteiger partial charge on any atom is -0.302 e. The highest BCUT2D eigenvalue weighted by Crippen LogP contribution is 2.49. The second-order valence-electron chi connectivity index (χ2n) is 13.3. The molecule has 2 aliphatic rings. The number of aryl methyl sites for hydroxylation is 4. The summed E-state index contributed by atoms with van der Waals surface area (Å²) in [5.74, 6) is -0.294. The van der Waals surface area contributed by atoms with Crippen molar-refractivity contribution < 1.29 is 9.59 Å². The van der Waals surface area contributed by atoms with Gasteiger partial charge in [-0.3, -0.25) is 9.59 Å². The quantitative estimate of drug-likeness (QED) is 0.185. The molecule has 0 unspecified atom stereocenters. The largest absolute Gasteiger partial charge is 0.302 e. The van der Waals surface area contributed by atoms with E-state index in [1.807, 2.05) is 58.3 Å². The first-order valence-electron chi connectivity index (χ1n) is 16.5. The molecule has 2 heterocycles. The molecule has 6 aromatic rings. The normalized spacial score (nSPS) is 14.7. The van der Waals surface area contributed by atoms with Crippen molar-refractivity contribution in [3.63, 3.8) is 0 Å². The van der Waals surface area contributed by atoms with E-state index in [1.54, 1.807) is 0 Å². The van der Waals surface area contributed by atoms with Crippen LogP contribution in [-0.4, -0.2) is 21.6 Å². The van der Waals surface area contributed by atoms with Gasteiger partial charge in [0.15, 0.2) is 0 Å². The minimum absolute atomic E-state index is 0.147. The maximum absolute atomic E-state index is 15.1. The Morgan fingerprint density at radius 3 is 1.19 bits per heavy atom. The van der Waals surface area contributed by atoms with Crippen LogP contribution in [-0.2, 0) is 22.7 Å². The zero-order valence-corrected chi connectivity index (χ0v) is 27.7. The number of hydrogen-bond donors (Lipinski definition) is 0. The van der Waals surface area contributed by atoms with Crippen LogP contribution in [0.15, 0.2) is 132 Å². The molecule has 2 amide bonds. The Bertz CT molecular complexity index is 2180. The monoisotopic (exact) mass is 624 g/mol. The van der Waals surface area contributed by atoms with Gasteiger partial charge in [0.2, 0.25) is 0 Å². The topological polar surface area (TPSA) is 40.6 Å². The highest BCUT2D eigenvalue weighted by atomic mass is 16.2. The molecule has 0 aliphatic carbocycles. The van der Waals surface area contributed by atoms with Gasteiger partial charge in [-0.15, -0.1) is 0 Å². The van der Waals surface area contributed by atoms with Crippen LogP contribution in [0.25, 0.3) is 32.9 Å². The third kappa shape index (κ3) is 4.92. The third-order valence-electron chi connectivity index (χ3n) is 9.52. The van der Waals surface area contributed by atoms with E-state index in [9.17, 15) is 0 Å². The maximum atomic E-state index is 15.1. The summed E-state index contributed by atoms with van der Waals surface area (Å²) in [7, 11) is 0. The Hall–Kier alpha value is -5.74. The molecular weight excluding hydrogens is 588 g/mol. The molecular formula is C44H36N2O2. The van der Waals surface area contributed by atoms with E-state index in [0.29, 0.717) is 35.6 Å². The van der Waals surface area contributed by atoms with E-state index < -0.39 is 0 Å². The Morgan fingerprint density at radius 1 is 0.438 bits per heavy atom. The van der Waals surface area contributed by atoms with E-state index in [1.165, 1.54) is 0 Å². The van der Waals surface area contributed by atoms with Crippen molar-refractivity contribution in [1.29, 1.82) is 0 Å². The number of amides is 2. The summed E-state index contributed by atoms with van der Waals surface area (Å²) in [4.78, 5) is 33.9. The zero-order chi connectivity index (χ0) is 33.1. The number of hydrogen-bond acceptors (Lipinski definition) is 2. The molecule has 0 bridgehead atoms. The van der Waals surface area contributed by atoms with Gasteiger partial charge in [-0.25, -0.2) is 0 Å². The zero-order valence-electron chi connectivity index (χ0n) is 27.7. The second-order valence-corrected chi connectivity index (χ2v) is 13.3. The van der Waals surface area contributed by atoms with Gasteiger partial charge in [0, 0.05) is 11.1 Å². The smallest absolute Gasteiger partial charge is 0.261 e. The summed E-state index contributed by atoms with van der Waals surface area (Å²) in [6.07, 6.45) is 0. The molecule has 0 saturated heterocycles. The molecule has 2 aliphatic heterocycles. The summed E-state index contributed by atoms with van der Waals surface area (Å²) in [5.41, 5.74) is 10.7. The average molecular weight is 625 g/mol. The van der Waals surface area contributed by atoms with E-state index in [4.69, 9.17) is 0 Å². The number of fused-ring (bicyclic) bond motifs is 3. The third-order valence-corrected chi connectivity index (χ3v) is 9.52. The molecule has 0 aromatic heterocycles. The van der Waals surface area contributed by atoms with Crippen LogP contribution in [0.2, 0.25) is 0 Å². The van der Waals surface area contributed by atoms with Crippen molar-refractivity contribution in [3.8, 4) is 0 Å². The van der Waals surface area contributed by atoms with Crippen molar-refractivity contribution in [2.24, 2.45) is 0 Å². The second kappa shape index (κ2) is 11.5. The van der Waals surface area contributed by atoms with E-state index in [0.717, 1.165) is 66.1 Å². The molecule has 4 heteroatoms. The first-order valence-corrected chi connectivity index (χ1v) is 16.5. The van der Waals surface area contributed by atoms with Crippen LogP contribution < -0.4 is 0 Å². The number of rotatable bonds is 6. The first kappa shape index (κ1) is 29.6. The van der Waals surface area contributed by atoms with Crippen molar-refractivity contribution >= 4 is 44.8 Å². The van der Waals surface area contributed by atoms with Gasteiger partial charge < -0.3 is 9.80 Å². The van der Waals surface area contributed by atoms with E-state index in [-0.39, 0.29) is 11.8 Å². The lowest BCUT2D eigenvalue weighted by molar-refractivity contribution is -0.124. The molecule has 48 heavy (non-hydrogen) atoms. The summed E-state index contributed by atoms with van der Waals surface area (Å²) in [6.45, 7) is 9.04. The fourth-order valence-corrected chi connectivity index (χ4v) is 7.81. The molecule has 6 aromatic carbocycles. The van der Waals surface area contributed by atoms with Crippen molar-refractivity contribution in [1.82, 2.24) is 9.80 Å². The van der Waals surface area contributed by atoms with Crippen LogP contribution >= 0.6 is 0 Å². The first-order chi connectivity index (χ1) is 23.3. The van der Waals surface area contributed by atoms with Gasteiger partial charge in [-0.05, 0) is 60.4 Å². The SMILES string of the molecule is Cc1cc(C)cc(CN2C(=O)C3=C(c4cccc5ccccc45)N(Cc4cc(C)cc(C)c4)C(=O)C3=C2c2cccc3ccccc23)c1. The van der Waals surface area contributed by atoms with Crippen molar-refractivity contribution in [2.75, 3.05) is 0 Å². The summed E-state index contributed by atoms with van der Waals surface area (Å²) in [6, 6.07) is 41.5. The standard InChI is InChI=1S/C44H36N2O2/c1-27-19-28(2)22-31(21-27)25-45-41(37-17-9-13-33-11-5-7-15-35(33)37)39-40(43(45)47)42(38-18-10-14-34-12-6-8-16-36(34)38)46(44(39)48)26-32-23-29(3)20-30(4)24-32/h5-24H,25-26H2,1-4H3. The van der Waals surface area contributed by atoms with Crippen LogP contribution in [0.3, 0.4) is 0 Å². The molecule has 4 nitrogen and oxygen atoms in total. The molecule has 0 radical (unpaired) electrons. The van der Waals surface area contributed by atoms with Gasteiger partial charge >= 0.3 is 0 Å². The van der Waals surface area contributed by atoms with Gasteiger partial charge in [0.25, 0.3) is 11.8 Å². The van der Waals surface area contributed by atoms with E-state index in [2.05, 4.69) is 100 Å². The van der Waals surface area contributed by atoms with Crippen molar-refractivity contribution in [3.05, 3.63) is 177 Å². The Balaban J connectivity index is 1.43. The molecule has 0 fully saturated rings. The lowest BCUT2D eigenvalue weighted by atomic mass is 9.96. The number of carbonyl (C=O) groups excluding carboxylic acids is 2. The van der Waals surface area contributed by atoms with Crippen LogP contribution in [0, 0.1) is 27.7 Å². The predicted octanol–water partition coefficient (Wildman–Crippen LogP) is 9.43. The molecule has 0 saturated carbocycles. The lowest BCUT2D eigenvalue weighted by Gasteiger charge is -2.27. The minimum atomic E-state index is -0.147. The van der Waals surface area contributed by atoms with Gasteiger partial charge in [-0.2, -0.15) is 0 Å². The fourth-order valence-electron chi connectivity index (χ4n) is 7.81. The maximum Gasteiger partial charge on any atom is 0.261 e. The van der Waals surface area contributed by atoms with Gasteiger partial charge in [0.1, 0.15) is 0 Å². The predicted molar refractivity (Wildman–Crippen MR) is 195 cm³/mol. The lowest BCUT2D eigenvalue weighted by Crippen LogP contribution is -2.29.